The van der Waals surface area contributed by atoms with Crippen LogP contribution in [0.3, 0.4) is 0 Å². The first-order valence-electron chi connectivity index (χ1n) is 11.9. The average molecular weight is 494 g/mol. The van der Waals surface area contributed by atoms with E-state index in [-0.39, 0.29) is 11.5 Å². The predicted molar refractivity (Wildman–Crippen MR) is 138 cm³/mol. The number of hydrogen-bond acceptors (Lipinski definition) is 3. The third kappa shape index (κ3) is 6.40. The van der Waals surface area contributed by atoms with Crippen molar-refractivity contribution in [3.63, 3.8) is 0 Å². The number of aromatic nitrogens is 2. The number of hydrogen-bond donors (Lipinski definition) is 1. The van der Waals surface area contributed by atoms with Crippen molar-refractivity contribution >= 4 is 28.5 Å². The number of aryl methyl sites for hydroxylation is 2. The molecule has 1 N–H and O–H groups in total. The van der Waals surface area contributed by atoms with Crippen LogP contribution in [0.15, 0.2) is 66.7 Å². The largest absolute Gasteiger partial charge is 0.492 e. The molecule has 0 spiro atoms. The average Bonchev–Trinajstić information content (AvgIpc) is 3.21. The zero-order valence-electron chi connectivity index (χ0n) is 19.8. The first kappa shape index (κ1) is 24.7. The van der Waals surface area contributed by atoms with Crippen LogP contribution in [0.4, 0.5) is 4.39 Å². The van der Waals surface area contributed by atoms with Crippen molar-refractivity contribution in [1.82, 2.24) is 14.9 Å². The molecule has 0 bridgehead atoms. The lowest BCUT2D eigenvalue weighted by atomic mass is 10.1. The van der Waals surface area contributed by atoms with E-state index >= 15 is 0 Å². The molecule has 4 aromatic rings. The summed E-state index contributed by atoms with van der Waals surface area (Å²) in [4.78, 5) is 17.0. The molecule has 182 valence electrons. The highest BCUT2D eigenvalue weighted by Gasteiger charge is 2.12. The number of amides is 1. The minimum absolute atomic E-state index is 0.0807. The lowest BCUT2D eigenvalue weighted by Crippen LogP contribution is -2.25. The molecule has 0 aliphatic heterocycles. The molecule has 3 aromatic carbocycles. The summed E-state index contributed by atoms with van der Waals surface area (Å²) in [5, 5.41) is 3.53. The molecule has 0 aliphatic rings. The molecule has 0 radical (unpaired) electrons. The standard InChI is InChI=1S/C28H29ClFN3O2/c1-20-19-21(14-15-23(20)29)35-18-17-33-26-12-7-6-11-25(26)32-27(33)13-3-2-8-16-31-28(34)22-9-4-5-10-24(22)30/h4-7,9-12,14-15,19H,2-3,8,13,16-18H2,1H3,(H,31,34). The van der Waals surface area contributed by atoms with Crippen LogP contribution in [0.5, 0.6) is 5.75 Å². The Labute approximate surface area is 209 Å². The smallest absolute Gasteiger partial charge is 0.254 e. The van der Waals surface area contributed by atoms with Gasteiger partial charge in [-0.3, -0.25) is 4.79 Å². The Hall–Kier alpha value is -3.38. The highest BCUT2D eigenvalue weighted by molar-refractivity contribution is 6.31. The number of ether oxygens (including phenoxy) is 1. The van der Waals surface area contributed by atoms with Gasteiger partial charge in [-0.2, -0.15) is 0 Å². The van der Waals surface area contributed by atoms with E-state index in [2.05, 4.69) is 16.0 Å². The second-order valence-corrected chi connectivity index (χ2v) is 8.88. The molecule has 0 atom stereocenters. The van der Waals surface area contributed by atoms with E-state index in [1.165, 1.54) is 12.1 Å². The van der Waals surface area contributed by atoms with Gasteiger partial charge in [-0.05, 0) is 67.8 Å². The van der Waals surface area contributed by atoms with Crippen LogP contribution in [0.2, 0.25) is 5.02 Å². The Morgan fingerprint density at radius 2 is 1.86 bits per heavy atom. The van der Waals surface area contributed by atoms with Crippen molar-refractivity contribution in [2.75, 3.05) is 13.2 Å². The highest BCUT2D eigenvalue weighted by Crippen LogP contribution is 2.22. The van der Waals surface area contributed by atoms with Crippen LogP contribution in [-0.2, 0) is 13.0 Å². The van der Waals surface area contributed by atoms with Gasteiger partial charge in [0.2, 0.25) is 0 Å². The van der Waals surface area contributed by atoms with Gasteiger partial charge in [-0.1, -0.05) is 42.3 Å². The SMILES string of the molecule is Cc1cc(OCCn2c(CCCCCNC(=O)c3ccccc3F)nc3ccccc32)ccc1Cl. The van der Waals surface area contributed by atoms with E-state index in [4.69, 9.17) is 21.3 Å². The third-order valence-corrected chi connectivity index (χ3v) is 6.35. The summed E-state index contributed by atoms with van der Waals surface area (Å²) >= 11 is 6.11. The summed E-state index contributed by atoms with van der Waals surface area (Å²) in [5.41, 5.74) is 3.14. The number of nitrogens with one attached hydrogen (secondary N) is 1. The molecule has 4 rings (SSSR count). The fourth-order valence-corrected chi connectivity index (χ4v) is 4.17. The molecule has 0 saturated carbocycles. The predicted octanol–water partition coefficient (Wildman–Crippen LogP) is 6.36. The molecule has 0 aliphatic carbocycles. The number of carbonyl (C=O) groups excluding carboxylic acids is 1. The van der Waals surface area contributed by atoms with Crippen LogP contribution in [0.25, 0.3) is 11.0 Å². The summed E-state index contributed by atoms with van der Waals surface area (Å²) in [6.45, 7) is 3.69. The van der Waals surface area contributed by atoms with E-state index in [0.29, 0.717) is 19.7 Å². The third-order valence-electron chi connectivity index (χ3n) is 5.93. The second-order valence-electron chi connectivity index (χ2n) is 8.47. The minimum Gasteiger partial charge on any atom is -0.492 e. The number of carbonyl (C=O) groups is 1. The maximum atomic E-state index is 13.7. The van der Waals surface area contributed by atoms with Crippen LogP contribution in [0.1, 0.15) is 41.0 Å². The Bertz CT molecular complexity index is 1300. The van der Waals surface area contributed by atoms with E-state index < -0.39 is 5.82 Å². The Morgan fingerprint density at radius 1 is 1.06 bits per heavy atom. The van der Waals surface area contributed by atoms with Crippen LogP contribution in [-0.4, -0.2) is 28.6 Å². The normalized spacial score (nSPS) is 11.1. The summed E-state index contributed by atoms with van der Waals surface area (Å²) in [7, 11) is 0. The summed E-state index contributed by atoms with van der Waals surface area (Å²) in [6.07, 6.45) is 3.52. The molecular formula is C28H29ClFN3O2. The Morgan fingerprint density at radius 3 is 2.69 bits per heavy atom. The molecule has 1 amide bonds. The number of nitrogens with zero attached hydrogens (tertiary/aromatic N) is 2. The van der Waals surface area contributed by atoms with Crippen molar-refractivity contribution in [3.05, 3.63) is 94.5 Å². The molecule has 0 fully saturated rings. The van der Waals surface area contributed by atoms with Crippen molar-refractivity contribution in [2.24, 2.45) is 0 Å². The number of para-hydroxylation sites is 2. The number of benzene rings is 3. The topological polar surface area (TPSA) is 56.1 Å². The molecular weight excluding hydrogens is 465 g/mol. The molecule has 0 unspecified atom stereocenters. The number of fused-ring (bicyclic) bond motifs is 1. The number of halogens is 2. The maximum Gasteiger partial charge on any atom is 0.254 e. The Kier molecular flexibility index (Phi) is 8.37. The summed E-state index contributed by atoms with van der Waals surface area (Å²) in [6, 6.07) is 19.8. The van der Waals surface area contributed by atoms with Crippen molar-refractivity contribution in [1.29, 1.82) is 0 Å². The molecule has 1 aromatic heterocycles. The van der Waals surface area contributed by atoms with Gasteiger partial charge in [0, 0.05) is 18.0 Å². The fourth-order valence-electron chi connectivity index (χ4n) is 4.05. The zero-order valence-corrected chi connectivity index (χ0v) is 20.5. The van der Waals surface area contributed by atoms with Crippen molar-refractivity contribution in [3.8, 4) is 5.75 Å². The van der Waals surface area contributed by atoms with E-state index in [1.807, 2.05) is 43.3 Å². The minimum atomic E-state index is -0.501. The van der Waals surface area contributed by atoms with Gasteiger partial charge in [-0.25, -0.2) is 9.37 Å². The Balaban J connectivity index is 1.28. The fraction of sp³-hybridized carbons (Fsp3) is 0.286. The van der Waals surface area contributed by atoms with Gasteiger partial charge in [-0.15, -0.1) is 0 Å². The van der Waals surface area contributed by atoms with Crippen LogP contribution < -0.4 is 10.1 Å². The van der Waals surface area contributed by atoms with Crippen molar-refractivity contribution in [2.45, 2.75) is 39.2 Å². The van der Waals surface area contributed by atoms with E-state index in [0.717, 1.165) is 58.9 Å². The molecule has 0 saturated heterocycles. The first-order chi connectivity index (χ1) is 17.0. The van der Waals surface area contributed by atoms with E-state index in [9.17, 15) is 9.18 Å². The van der Waals surface area contributed by atoms with Gasteiger partial charge in [0.1, 0.15) is 24.0 Å². The van der Waals surface area contributed by atoms with Gasteiger partial charge in [0.25, 0.3) is 5.91 Å². The summed E-state index contributed by atoms with van der Waals surface area (Å²) < 4.78 is 21.9. The quantitative estimate of drug-likeness (QED) is 0.247. The zero-order chi connectivity index (χ0) is 24.6. The van der Waals surface area contributed by atoms with Crippen LogP contribution in [0, 0.1) is 12.7 Å². The molecule has 1 heterocycles. The monoisotopic (exact) mass is 493 g/mol. The van der Waals surface area contributed by atoms with Crippen LogP contribution >= 0.6 is 11.6 Å². The number of imidazole rings is 1. The highest BCUT2D eigenvalue weighted by atomic mass is 35.5. The summed E-state index contributed by atoms with van der Waals surface area (Å²) in [5.74, 6) is 0.952. The number of rotatable bonds is 11. The maximum absolute atomic E-state index is 13.7. The van der Waals surface area contributed by atoms with E-state index in [1.54, 1.807) is 12.1 Å². The molecule has 5 nitrogen and oxygen atoms in total. The van der Waals surface area contributed by atoms with Crippen molar-refractivity contribution < 1.29 is 13.9 Å². The second kappa shape index (κ2) is 11.8. The van der Waals surface area contributed by atoms with Gasteiger partial charge in [0.05, 0.1) is 23.1 Å². The van der Waals surface area contributed by atoms with Gasteiger partial charge >= 0.3 is 0 Å². The lowest BCUT2D eigenvalue weighted by Gasteiger charge is -2.12. The first-order valence-corrected chi connectivity index (χ1v) is 12.3. The van der Waals surface area contributed by atoms with Gasteiger partial charge < -0.3 is 14.6 Å². The van der Waals surface area contributed by atoms with Gasteiger partial charge in [0.15, 0.2) is 0 Å². The number of unbranched alkanes of at least 4 members (excludes halogenated alkanes) is 2. The lowest BCUT2D eigenvalue weighted by molar-refractivity contribution is 0.0949. The molecule has 35 heavy (non-hydrogen) atoms. The molecule has 7 heteroatoms.